The summed E-state index contributed by atoms with van der Waals surface area (Å²) in [5, 5.41) is 0. The third-order valence-corrected chi connectivity index (χ3v) is 5.72. The second-order valence-electron chi connectivity index (χ2n) is 7.65. The molecule has 0 N–H and O–H groups in total. The standard InChI is InChI=1S/C23H27F3/c1-2-3-4-16-5-9-19(10-6-16)20-11-7-17(8-12-20)13-18-14-21(24)23(26)22(25)15-18/h7-8,11-12,14-16,19H,2-6,9-10,13H2,1H3. The fourth-order valence-corrected chi connectivity index (χ4v) is 4.13. The van der Waals surface area contributed by atoms with Crippen LogP contribution in [-0.4, -0.2) is 0 Å². The molecule has 1 fully saturated rings. The van der Waals surface area contributed by atoms with Crippen LogP contribution >= 0.6 is 0 Å². The van der Waals surface area contributed by atoms with Crippen LogP contribution in [0.5, 0.6) is 0 Å². The Balaban J connectivity index is 1.59. The molecule has 0 nitrogen and oxygen atoms in total. The molecule has 0 radical (unpaired) electrons. The maximum Gasteiger partial charge on any atom is 0.194 e. The maximum atomic E-state index is 13.3. The van der Waals surface area contributed by atoms with E-state index >= 15 is 0 Å². The van der Waals surface area contributed by atoms with Crippen LogP contribution in [0.4, 0.5) is 13.2 Å². The van der Waals surface area contributed by atoms with Gasteiger partial charge in [-0.15, -0.1) is 0 Å². The third kappa shape index (κ3) is 4.69. The highest BCUT2D eigenvalue weighted by Gasteiger charge is 2.22. The van der Waals surface area contributed by atoms with E-state index in [0.717, 1.165) is 23.6 Å². The van der Waals surface area contributed by atoms with E-state index < -0.39 is 17.5 Å². The molecule has 26 heavy (non-hydrogen) atoms. The zero-order valence-corrected chi connectivity index (χ0v) is 15.4. The van der Waals surface area contributed by atoms with E-state index in [4.69, 9.17) is 0 Å². The van der Waals surface area contributed by atoms with Gasteiger partial charge >= 0.3 is 0 Å². The predicted octanol–water partition coefficient (Wildman–Crippen LogP) is 7.16. The lowest BCUT2D eigenvalue weighted by Gasteiger charge is -2.29. The molecule has 0 unspecified atom stereocenters. The number of hydrogen-bond acceptors (Lipinski definition) is 0. The van der Waals surface area contributed by atoms with Gasteiger partial charge in [0.1, 0.15) is 0 Å². The lowest BCUT2D eigenvalue weighted by atomic mass is 9.77. The summed E-state index contributed by atoms with van der Waals surface area (Å²) < 4.78 is 39.7. The van der Waals surface area contributed by atoms with Crippen molar-refractivity contribution in [2.24, 2.45) is 5.92 Å². The zero-order valence-electron chi connectivity index (χ0n) is 15.4. The van der Waals surface area contributed by atoms with Crippen LogP contribution < -0.4 is 0 Å². The summed E-state index contributed by atoms with van der Waals surface area (Å²) in [4.78, 5) is 0. The van der Waals surface area contributed by atoms with Crippen molar-refractivity contribution in [2.75, 3.05) is 0 Å². The number of unbranched alkanes of at least 4 members (excludes halogenated alkanes) is 1. The molecule has 2 aromatic rings. The Bertz CT molecular complexity index is 690. The minimum atomic E-state index is -1.40. The average molecular weight is 360 g/mol. The molecule has 0 spiro atoms. The first-order valence-corrected chi connectivity index (χ1v) is 9.79. The molecule has 1 saturated carbocycles. The van der Waals surface area contributed by atoms with E-state index in [1.54, 1.807) is 0 Å². The lowest BCUT2D eigenvalue weighted by molar-refractivity contribution is 0.304. The average Bonchev–Trinajstić information content (AvgIpc) is 2.65. The van der Waals surface area contributed by atoms with E-state index in [1.807, 2.05) is 12.1 Å². The SMILES string of the molecule is CCCCC1CCC(c2ccc(Cc3cc(F)c(F)c(F)c3)cc2)CC1. The molecule has 1 aliphatic rings. The normalized spacial score (nSPS) is 20.3. The van der Waals surface area contributed by atoms with Crippen molar-refractivity contribution in [3.63, 3.8) is 0 Å². The van der Waals surface area contributed by atoms with E-state index in [-0.39, 0.29) is 0 Å². The van der Waals surface area contributed by atoms with Crippen molar-refractivity contribution in [2.45, 2.75) is 64.2 Å². The van der Waals surface area contributed by atoms with Crippen LogP contribution in [0.2, 0.25) is 0 Å². The van der Waals surface area contributed by atoms with E-state index in [1.165, 1.54) is 50.5 Å². The van der Waals surface area contributed by atoms with Crippen molar-refractivity contribution < 1.29 is 13.2 Å². The molecule has 0 atom stereocenters. The second-order valence-corrected chi connectivity index (χ2v) is 7.65. The van der Waals surface area contributed by atoms with Crippen LogP contribution in [0.25, 0.3) is 0 Å². The van der Waals surface area contributed by atoms with Crippen molar-refractivity contribution >= 4 is 0 Å². The van der Waals surface area contributed by atoms with Crippen molar-refractivity contribution in [1.29, 1.82) is 0 Å². The van der Waals surface area contributed by atoms with Gasteiger partial charge in [-0.25, -0.2) is 13.2 Å². The summed E-state index contributed by atoms with van der Waals surface area (Å²) in [6.07, 6.45) is 9.54. The fraction of sp³-hybridized carbons (Fsp3) is 0.478. The minimum absolute atomic E-state index is 0.401. The van der Waals surface area contributed by atoms with Gasteiger partial charge in [-0.1, -0.05) is 50.5 Å². The lowest BCUT2D eigenvalue weighted by Crippen LogP contribution is -2.13. The molecule has 0 aromatic heterocycles. The topological polar surface area (TPSA) is 0 Å². The molecule has 0 saturated heterocycles. The second kappa shape index (κ2) is 8.75. The molecule has 2 aromatic carbocycles. The first-order valence-electron chi connectivity index (χ1n) is 9.79. The van der Waals surface area contributed by atoms with Gasteiger partial charge in [-0.3, -0.25) is 0 Å². The van der Waals surface area contributed by atoms with Crippen LogP contribution in [-0.2, 0) is 6.42 Å². The summed E-state index contributed by atoms with van der Waals surface area (Å²) in [5.74, 6) is -2.14. The van der Waals surface area contributed by atoms with E-state index in [2.05, 4.69) is 19.1 Å². The molecule has 1 aliphatic carbocycles. The molecule has 0 aliphatic heterocycles. The van der Waals surface area contributed by atoms with Gasteiger partial charge in [0.05, 0.1) is 0 Å². The Morgan fingerprint density at radius 3 is 2.04 bits per heavy atom. The Labute approximate surface area is 154 Å². The summed E-state index contributed by atoms with van der Waals surface area (Å²) in [6, 6.07) is 10.5. The highest BCUT2D eigenvalue weighted by atomic mass is 19.2. The monoisotopic (exact) mass is 360 g/mol. The first kappa shape index (κ1) is 19.0. The highest BCUT2D eigenvalue weighted by Crippen LogP contribution is 2.37. The molecular weight excluding hydrogens is 333 g/mol. The van der Waals surface area contributed by atoms with Crippen LogP contribution in [0.15, 0.2) is 36.4 Å². The van der Waals surface area contributed by atoms with E-state index in [0.29, 0.717) is 17.9 Å². The van der Waals surface area contributed by atoms with Gasteiger partial charge in [0.25, 0.3) is 0 Å². The van der Waals surface area contributed by atoms with Crippen LogP contribution in [0.3, 0.4) is 0 Å². The number of hydrogen-bond donors (Lipinski definition) is 0. The smallest absolute Gasteiger partial charge is 0.194 e. The molecule has 140 valence electrons. The third-order valence-electron chi connectivity index (χ3n) is 5.72. The summed E-state index contributed by atoms with van der Waals surface area (Å²) in [5.41, 5.74) is 2.79. The number of halogens is 3. The Kier molecular flexibility index (Phi) is 6.39. The van der Waals surface area contributed by atoms with Crippen molar-refractivity contribution in [3.8, 4) is 0 Å². The van der Waals surface area contributed by atoms with Gasteiger partial charge in [0.15, 0.2) is 17.5 Å². The summed E-state index contributed by atoms with van der Waals surface area (Å²) in [6.45, 7) is 2.25. The number of rotatable bonds is 6. The van der Waals surface area contributed by atoms with E-state index in [9.17, 15) is 13.2 Å². The molecule has 0 bridgehead atoms. The molecule has 0 heterocycles. The predicted molar refractivity (Wildman–Crippen MR) is 99.8 cm³/mol. The minimum Gasteiger partial charge on any atom is -0.204 e. The molecule has 3 heteroatoms. The van der Waals surface area contributed by atoms with Gasteiger partial charge in [0, 0.05) is 0 Å². The van der Waals surface area contributed by atoms with Gasteiger partial charge in [-0.05, 0) is 72.8 Å². The summed E-state index contributed by atoms with van der Waals surface area (Å²) in [7, 11) is 0. The largest absolute Gasteiger partial charge is 0.204 e. The molecular formula is C23H27F3. The quantitative estimate of drug-likeness (QED) is 0.479. The molecule has 3 rings (SSSR count). The van der Waals surface area contributed by atoms with Crippen molar-refractivity contribution in [3.05, 3.63) is 70.5 Å². The Morgan fingerprint density at radius 2 is 1.46 bits per heavy atom. The van der Waals surface area contributed by atoms with Crippen LogP contribution in [0.1, 0.15) is 74.5 Å². The summed E-state index contributed by atoms with van der Waals surface area (Å²) >= 11 is 0. The van der Waals surface area contributed by atoms with Crippen molar-refractivity contribution in [1.82, 2.24) is 0 Å². The number of benzene rings is 2. The van der Waals surface area contributed by atoms with Crippen LogP contribution in [0, 0.1) is 23.4 Å². The zero-order chi connectivity index (χ0) is 18.5. The molecule has 0 amide bonds. The van der Waals surface area contributed by atoms with Gasteiger partial charge in [0.2, 0.25) is 0 Å². The fourth-order valence-electron chi connectivity index (χ4n) is 4.13. The highest BCUT2D eigenvalue weighted by molar-refractivity contribution is 5.31. The first-order chi connectivity index (χ1) is 12.6. The Hall–Kier alpha value is -1.77. The maximum absolute atomic E-state index is 13.3. The van der Waals surface area contributed by atoms with Gasteiger partial charge < -0.3 is 0 Å². The van der Waals surface area contributed by atoms with Gasteiger partial charge in [-0.2, -0.15) is 0 Å². The Morgan fingerprint density at radius 1 is 0.846 bits per heavy atom.